The fourth-order valence-electron chi connectivity index (χ4n) is 1.92. The number of aliphatic carboxylic acids is 1. The van der Waals surface area contributed by atoms with E-state index in [-0.39, 0.29) is 6.42 Å². The lowest BCUT2D eigenvalue weighted by molar-refractivity contribution is -0.137. The summed E-state index contributed by atoms with van der Waals surface area (Å²) in [4.78, 5) is 11.7. The van der Waals surface area contributed by atoms with Crippen LogP contribution in [0.15, 0.2) is 41.4 Å². The largest absolute Gasteiger partial charge is 0.481 e. The van der Waals surface area contributed by atoms with E-state index in [1.165, 1.54) is 4.90 Å². The van der Waals surface area contributed by atoms with Gasteiger partial charge in [0.05, 0.1) is 12.2 Å². The topological polar surface area (TPSA) is 68.0 Å². The van der Waals surface area contributed by atoms with Crippen molar-refractivity contribution in [3.05, 3.63) is 42.2 Å². The molecule has 1 aromatic carbocycles. The summed E-state index contributed by atoms with van der Waals surface area (Å²) in [6.45, 7) is 0.821. The maximum absolute atomic E-state index is 10.4. The molecule has 0 fully saturated rings. The van der Waals surface area contributed by atoms with Crippen molar-refractivity contribution in [3.63, 3.8) is 0 Å². The van der Waals surface area contributed by atoms with Gasteiger partial charge in [-0.2, -0.15) is 0 Å². The average molecular weight is 305 g/mol. The third kappa shape index (κ3) is 5.99. The van der Waals surface area contributed by atoms with Gasteiger partial charge in [0.2, 0.25) is 0 Å². The van der Waals surface area contributed by atoms with Gasteiger partial charge >= 0.3 is 5.97 Å². The van der Waals surface area contributed by atoms with Gasteiger partial charge in [-0.25, -0.2) is 0 Å². The SMILES string of the molecule is O=C(O)CCCCc1cn(CCSc2ccccc2)nn1. The van der Waals surface area contributed by atoms with Gasteiger partial charge in [-0.3, -0.25) is 9.48 Å². The molecule has 2 aromatic rings. The van der Waals surface area contributed by atoms with Crippen molar-refractivity contribution < 1.29 is 9.90 Å². The Balaban J connectivity index is 1.67. The zero-order valence-electron chi connectivity index (χ0n) is 11.8. The number of carbonyl (C=O) groups is 1. The van der Waals surface area contributed by atoms with Crippen LogP contribution in [-0.4, -0.2) is 31.8 Å². The van der Waals surface area contributed by atoms with Crippen molar-refractivity contribution in [2.75, 3.05) is 5.75 Å². The Morgan fingerprint density at radius 2 is 2.05 bits per heavy atom. The second-order valence-electron chi connectivity index (χ2n) is 4.74. The van der Waals surface area contributed by atoms with Crippen LogP contribution in [0.4, 0.5) is 0 Å². The molecule has 1 heterocycles. The van der Waals surface area contributed by atoms with E-state index in [0.29, 0.717) is 6.42 Å². The van der Waals surface area contributed by atoms with Crippen molar-refractivity contribution in [2.24, 2.45) is 0 Å². The number of aromatic nitrogens is 3. The summed E-state index contributed by atoms with van der Waals surface area (Å²) in [6.07, 6.45) is 4.49. The first-order chi connectivity index (χ1) is 10.2. The number of aryl methyl sites for hydroxylation is 2. The first-order valence-corrected chi connectivity index (χ1v) is 8.01. The number of carboxylic acid groups (broad SMARTS) is 1. The number of carboxylic acids is 1. The second-order valence-corrected chi connectivity index (χ2v) is 5.90. The highest BCUT2D eigenvalue weighted by Crippen LogP contribution is 2.16. The highest BCUT2D eigenvalue weighted by atomic mass is 32.2. The van der Waals surface area contributed by atoms with E-state index in [1.54, 1.807) is 11.8 Å². The number of benzene rings is 1. The van der Waals surface area contributed by atoms with Gasteiger partial charge in [0.1, 0.15) is 0 Å². The van der Waals surface area contributed by atoms with Gasteiger partial charge in [-0.15, -0.1) is 16.9 Å². The van der Waals surface area contributed by atoms with Gasteiger partial charge in [-0.1, -0.05) is 23.4 Å². The van der Waals surface area contributed by atoms with Gasteiger partial charge < -0.3 is 5.11 Å². The minimum Gasteiger partial charge on any atom is -0.481 e. The molecule has 0 atom stereocenters. The molecule has 0 aliphatic carbocycles. The smallest absolute Gasteiger partial charge is 0.303 e. The van der Waals surface area contributed by atoms with Crippen LogP contribution in [-0.2, 0) is 17.8 Å². The standard InChI is InChI=1S/C15H19N3O2S/c19-15(20)9-5-4-6-13-12-18(17-16-13)10-11-21-14-7-2-1-3-8-14/h1-3,7-8,12H,4-6,9-11H2,(H,19,20). The molecule has 1 aromatic heterocycles. The minimum absolute atomic E-state index is 0.224. The maximum atomic E-state index is 10.4. The molecule has 0 amide bonds. The zero-order chi connectivity index (χ0) is 14.9. The predicted octanol–water partition coefficient (Wildman–Crippen LogP) is 2.87. The van der Waals surface area contributed by atoms with Crippen LogP contribution in [0.25, 0.3) is 0 Å². The van der Waals surface area contributed by atoms with E-state index in [4.69, 9.17) is 5.11 Å². The van der Waals surface area contributed by atoms with E-state index in [0.717, 1.165) is 30.8 Å². The van der Waals surface area contributed by atoms with Gasteiger partial charge in [-0.05, 0) is 31.4 Å². The minimum atomic E-state index is -0.739. The van der Waals surface area contributed by atoms with Gasteiger partial charge in [0.15, 0.2) is 0 Å². The molecule has 1 N–H and O–H groups in total. The highest BCUT2D eigenvalue weighted by Gasteiger charge is 2.02. The molecule has 5 nitrogen and oxygen atoms in total. The fourth-order valence-corrected chi connectivity index (χ4v) is 2.78. The molecule has 0 saturated heterocycles. The van der Waals surface area contributed by atoms with Crippen LogP contribution in [0.5, 0.6) is 0 Å². The quantitative estimate of drug-likeness (QED) is 0.570. The number of unbranched alkanes of at least 4 members (excludes halogenated alkanes) is 1. The molecule has 0 aliphatic heterocycles. The molecule has 0 radical (unpaired) electrons. The molecular weight excluding hydrogens is 286 g/mol. The van der Waals surface area contributed by atoms with E-state index >= 15 is 0 Å². The molecule has 112 valence electrons. The highest BCUT2D eigenvalue weighted by molar-refractivity contribution is 7.99. The van der Waals surface area contributed by atoms with E-state index in [1.807, 2.05) is 29.1 Å². The molecular formula is C15H19N3O2S. The number of rotatable bonds is 9. The molecule has 0 unspecified atom stereocenters. The van der Waals surface area contributed by atoms with Crippen LogP contribution < -0.4 is 0 Å². The van der Waals surface area contributed by atoms with Crippen molar-refractivity contribution in [3.8, 4) is 0 Å². The first-order valence-electron chi connectivity index (χ1n) is 7.03. The van der Waals surface area contributed by atoms with Crippen molar-refractivity contribution in [1.29, 1.82) is 0 Å². The van der Waals surface area contributed by atoms with Crippen molar-refractivity contribution in [1.82, 2.24) is 15.0 Å². The lowest BCUT2D eigenvalue weighted by Gasteiger charge is -2.01. The summed E-state index contributed by atoms with van der Waals surface area (Å²) in [5, 5.41) is 16.8. The summed E-state index contributed by atoms with van der Waals surface area (Å²) in [5.41, 5.74) is 0.935. The molecule has 6 heteroatoms. The van der Waals surface area contributed by atoms with Crippen LogP contribution in [0.2, 0.25) is 0 Å². The second kappa shape index (κ2) is 8.46. The van der Waals surface area contributed by atoms with Crippen LogP contribution in [0.1, 0.15) is 25.0 Å². The van der Waals surface area contributed by atoms with E-state index in [9.17, 15) is 4.79 Å². The lowest BCUT2D eigenvalue weighted by atomic mass is 10.1. The van der Waals surface area contributed by atoms with Gasteiger partial charge in [0.25, 0.3) is 0 Å². The molecule has 2 rings (SSSR count). The number of thioether (sulfide) groups is 1. The Bertz CT molecular complexity index is 557. The van der Waals surface area contributed by atoms with Crippen molar-refractivity contribution >= 4 is 17.7 Å². The molecule has 0 spiro atoms. The molecule has 0 saturated carbocycles. The molecule has 21 heavy (non-hydrogen) atoms. The maximum Gasteiger partial charge on any atom is 0.303 e. The Kier molecular flexibility index (Phi) is 6.27. The summed E-state index contributed by atoms with van der Waals surface area (Å²) in [5.74, 6) is 0.211. The normalized spacial score (nSPS) is 10.7. The monoisotopic (exact) mass is 305 g/mol. The Hall–Kier alpha value is -1.82. The number of nitrogens with zero attached hydrogens (tertiary/aromatic N) is 3. The zero-order valence-corrected chi connectivity index (χ0v) is 12.6. The first kappa shape index (κ1) is 15.6. The molecule has 0 bridgehead atoms. The summed E-state index contributed by atoms with van der Waals surface area (Å²) in [7, 11) is 0. The van der Waals surface area contributed by atoms with Crippen LogP contribution in [0, 0.1) is 0 Å². The average Bonchev–Trinajstić information content (AvgIpc) is 2.92. The van der Waals surface area contributed by atoms with E-state index in [2.05, 4.69) is 22.4 Å². The summed E-state index contributed by atoms with van der Waals surface area (Å²) < 4.78 is 1.85. The third-order valence-corrected chi connectivity index (χ3v) is 3.98. The van der Waals surface area contributed by atoms with Crippen LogP contribution in [0.3, 0.4) is 0 Å². The Labute approximate surface area is 128 Å². The number of hydrogen-bond acceptors (Lipinski definition) is 4. The molecule has 0 aliphatic rings. The van der Waals surface area contributed by atoms with Gasteiger partial charge in [0, 0.05) is 23.3 Å². The Morgan fingerprint density at radius 1 is 1.24 bits per heavy atom. The predicted molar refractivity (Wildman–Crippen MR) is 82.4 cm³/mol. The lowest BCUT2D eigenvalue weighted by Crippen LogP contribution is -2.00. The third-order valence-electron chi connectivity index (χ3n) is 2.99. The van der Waals surface area contributed by atoms with Crippen LogP contribution >= 0.6 is 11.8 Å². The Morgan fingerprint density at radius 3 is 2.81 bits per heavy atom. The van der Waals surface area contributed by atoms with E-state index < -0.39 is 5.97 Å². The summed E-state index contributed by atoms with van der Waals surface area (Å²) >= 11 is 1.80. The fraction of sp³-hybridized carbons (Fsp3) is 0.400. The van der Waals surface area contributed by atoms with Crippen molar-refractivity contribution in [2.45, 2.75) is 37.1 Å². The summed E-state index contributed by atoms with van der Waals surface area (Å²) in [6, 6.07) is 10.3. The number of hydrogen-bond donors (Lipinski definition) is 1.